The van der Waals surface area contributed by atoms with Crippen LogP contribution in [0.1, 0.15) is 6.42 Å². The van der Waals surface area contributed by atoms with Crippen molar-refractivity contribution in [1.82, 2.24) is 5.32 Å². The standard InChI is InChI=1S/C19H19ClN2O5S/c1-26-15-6-4-14(5-7-15)21-19(25)22-17(23)12-27-18(24)10-11-28-16-8-2-13(20)3-9-16/h2-9H,10-12H2,1H3,(H2,21,22,23,25). The summed E-state index contributed by atoms with van der Waals surface area (Å²) in [6, 6.07) is 13.1. The highest BCUT2D eigenvalue weighted by molar-refractivity contribution is 7.99. The molecule has 0 saturated carbocycles. The Morgan fingerprint density at radius 1 is 1.04 bits per heavy atom. The van der Waals surface area contributed by atoms with Gasteiger partial charge in [0.25, 0.3) is 5.91 Å². The molecule has 0 heterocycles. The van der Waals surface area contributed by atoms with Crippen LogP contribution in [0.25, 0.3) is 0 Å². The van der Waals surface area contributed by atoms with Crippen LogP contribution in [0.2, 0.25) is 5.02 Å². The molecular formula is C19H19ClN2O5S. The zero-order valence-corrected chi connectivity index (χ0v) is 16.6. The van der Waals surface area contributed by atoms with Gasteiger partial charge in [0, 0.05) is 21.4 Å². The van der Waals surface area contributed by atoms with Gasteiger partial charge in [-0.2, -0.15) is 0 Å². The third-order valence-electron chi connectivity index (χ3n) is 3.35. The molecule has 2 aromatic rings. The lowest BCUT2D eigenvalue weighted by atomic mass is 10.3. The summed E-state index contributed by atoms with van der Waals surface area (Å²) in [4.78, 5) is 36.1. The van der Waals surface area contributed by atoms with E-state index in [0.29, 0.717) is 22.2 Å². The van der Waals surface area contributed by atoms with Crippen molar-refractivity contribution in [3.8, 4) is 5.75 Å². The molecule has 0 atom stereocenters. The smallest absolute Gasteiger partial charge is 0.325 e. The molecule has 148 valence electrons. The molecule has 0 aliphatic carbocycles. The van der Waals surface area contributed by atoms with Crippen molar-refractivity contribution in [3.05, 3.63) is 53.6 Å². The lowest BCUT2D eigenvalue weighted by Crippen LogP contribution is -2.37. The van der Waals surface area contributed by atoms with Crippen LogP contribution in [0.15, 0.2) is 53.4 Å². The Morgan fingerprint density at radius 2 is 1.71 bits per heavy atom. The number of esters is 1. The van der Waals surface area contributed by atoms with E-state index in [0.717, 1.165) is 4.90 Å². The number of thioether (sulfide) groups is 1. The van der Waals surface area contributed by atoms with Crippen molar-refractivity contribution in [2.75, 3.05) is 24.8 Å². The second-order valence-corrected chi connectivity index (χ2v) is 7.05. The zero-order chi connectivity index (χ0) is 20.4. The SMILES string of the molecule is COc1ccc(NC(=O)NC(=O)COC(=O)CCSc2ccc(Cl)cc2)cc1. The fraction of sp³-hybridized carbons (Fsp3) is 0.211. The number of ether oxygens (including phenoxy) is 2. The highest BCUT2D eigenvalue weighted by Crippen LogP contribution is 2.21. The first kappa shape index (κ1) is 21.6. The first-order valence-corrected chi connectivity index (χ1v) is 9.61. The summed E-state index contributed by atoms with van der Waals surface area (Å²) in [5.74, 6) is -0.0971. The van der Waals surface area contributed by atoms with Crippen LogP contribution >= 0.6 is 23.4 Å². The van der Waals surface area contributed by atoms with E-state index >= 15 is 0 Å². The lowest BCUT2D eigenvalue weighted by molar-refractivity contribution is -0.147. The molecule has 2 aromatic carbocycles. The van der Waals surface area contributed by atoms with Gasteiger partial charge in [0.05, 0.1) is 13.5 Å². The maximum absolute atomic E-state index is 11.7. The number of anilines is 1. The van der Waals surface area contributed by atoms with Crippen molar-refractivity contribution in [1.29, 1.82) is 0 Å². The van der Waals surface area contributed by atoms with Gasteiger partial charge in [-0.3, -0.25) is 14.9 Å². The Balaban J connectivity index is 1.63. The van der Waals surface area contributed by atoms with Gasteiger partial charge < -0.3 is 14.8 Å². The molecule has 0 radical (unpaired) electrons. The number of amides is 3. The minimum Gasteiger partial charge on any atom is -0.497 e. The Morgan fingerprint density at radius 3 is 2.36 bits per heavy atom. The van der Waals surface area contributed by atoms with Crippen LogP contribution in [-0.4, -0.2) is 37.4 Å². The number of rotatable bonds is 8. The second-order valence-electron chi connectivity index (χ2n) is 5.44. The number of halogens is 1. The molecule has 0 saturated heterocycles. The number of carbonyl (C=O) groups is 3. The summed E-state index contributed by atoms with van der Waals surface area (Å²) < 4.78 is 9.87. The van der Waals surface area contributed by atoms with E-state index in [1.165, 1.54) is 18.9 Å². The number of methoxy groups -OCH3 is 1. The van der Waals surface area contributed by atoms with Gasteiger partial charge in [0.1, 0.15) is 5.75 Å². The first-order valence-electron chi connectivity index (χ1n) is 8.25. The van der Waals surface area contributed by atoms with Crippen LogP contribution in [0, 0.1) is 0 Å². The van der Waals surface area contributed by atoms with Gasteiger partial charge in [-0.05, 0) is 48.5 Å². The Hall–Kier alpha value is -2.71. The summed E-state index contributed by atoms with van der Waals surface area (Å²) in [5, 5.41) is 5.22. The van der Waals surface area contributed by atoms with E-state index in [1.54, 1.807) is 36.4 Å². The van der Waals surface area contributed by atoms with E-state index in [4.69, 9.17) is 21.1 Å². The van der Waals surface area contributed by atoms with Gasteiger partial charge in [-0.15, -0.1) is 11.8 Å². The van der Waals surface area contributed by atoms with Crippen molar-refractivity contribution in [2.45, 2.75) is 11.3 Å². The third kappa shape index (κ3) is 7.89. The molecule has 2 N–H and O–H groups in total. The molecule has 0 fully saturated rings. The minimum absolute atomic E-state index is 0.138. The van der Waals surface area contributed by atoms with E-state index in [9.17, 15) is 14.4 Å². The van der Waals surface area contributed by atoms with E-state index in [1.807, 2.05) is 12.1 Å². The Bertz CT molecular complexity index is 812. The number of benzene rings is 2. The van der Waals surface area contributed by atoms with E-state index < -0.39 is 24.5 Å². The zero-order valence-electron chi connectivity index (χ0n) is 15.1. The molecule has 0 aromatic heterocycles. The predicted octanol–water partition coefficient (Wildman–Crippen LogP) is 3.72. The molecule has 0 spiro atoms. The molecular weight excluding hydrogens is 404 g/mol. The monoisotopic (exact) mass is 422 g/mol. The van der Waals surface area contributed by atoms with E-state index in [-0.39, 0.29) is 6.42 Å². The highest BCUT2D eigenvalue weighted by atomic mass is 35.5. The number of imide groups is 1. The molecule has 3 amide bonds. The first-order chi connectivity index (χ1) is 13.5. The van der Waals surface area contributed by atoms with Crippen LogP contribution in [0.4, 0.5) is 10.5 Å². The number of nitrogens with one attached hydrogen (secondary N) is 2. The predicted molar refractivity (Wildman–Crippen MR) is 108 cm³/mol. The van der Waals surface area contributed by atoms with Crippen LogP contribution < -0.4 is 15.4 Å². The van der Waals surface area contributed by atoms with Crippen molar-refractivity contribution < 1.29 is 23.9 Å². The van der Waals surface area contributed by atoms with Crippen LogP contribution in [0.5, 0.6) is 5.75 Å². The molecule has 0 bridgehead atoms. The summed E-state index contributed by atoms with van der Waals surface area (Å²) in [6.45, 7) is -0.527. The van der Waals surface area contributed by atoms with E-state index in [2.05, 4.69) is 10.6 Å². The largest absolute Gasteiger partial charge is 0.497 e. The molecule has 0 aliphatic heterocycles. The summed E-state index contributed by atoms with van der Waals surface area (Å²) in [7, 11) is 1.53. The minimum atomic E-state index is -0.718. The molecule has 0 aliphatic rings. The number of carbonyl (C=O) groups excluding carboxylic acids is 3. The summed E-state index contributed by atoms with van der Waals surface area (Å²) in [6.07, 6.45) is 0.138. The van der Waals surface area contributed by atoms with Gasteiger partial charge in [-0.25, -0.2) is 4.79 Å². The topological polar surface area (TPSA) is 93.7 Å². The van der Waals surface area contributed by atoms with Crippen molar-refractivity contribution in [2.24, 2.45) is 0 Å². The average Bonchev–Trinajstić information content (AvgIpc) is 2.68. The molecule has 2 rings (SSSR count). The molecule has 9 heteroatoms. The van der Waals surface area contributed by atoms with Gasteiger partial charge in [0.15, 0.2) is 6.61 Å². The highest BCUT2D eigenvalue weighted by Gasteiger charge is 2.11. The van der Waals surface area contributed by atoms with Crippen molar-refractivity contribution >= 4 is 47.0 Å². The summed E-state index contributed by atoms with van der Waals surface area (Å²) in [5.41, 5.74) is 0.488. The Kier molecular flexibility index (Phi) is 8.64. The summed E-state index contributed by atoms with van der Waals surface area (Å²) >= 11 is 7.28. The van der Waals surface area contributed by atoms with Crippen LogP contribution in [0.3, 0.4) is 0 Å². The maximum Gasteiger partial charge on any atom is 0.325 e. The second kappa shape index (κ2) is 11.2. The number of hydrogen-bond donors (Lipinski definition) is 2. The van der Waals surface area contributed by atoms with Gasteiger partial charge in [0.2, 0.25) is 0 Å². The van der Waals surface area contributed by atoms with Gasteiger partial charge >= 0.3 is 12.0 Å². The lowest BCUT2D eigenvalue weighted by Gasteiger charge is -2.08. The number of urea groups is 1. The molecule has 0 unspecified atom stereocenters. The number of hydrogen-bond acceptors (Lipinski definition) is 6. The quantitative estimate of drug-likeness (QED) is 0.497. The third-order valence-corrected chi connectivity index (χ3v) is 4.62. The fourth-order valence-electron chi connectivity index (χ4n) is 2.00. The molecule has 28 heavy (non-hydrogen) atoms. The Labute approximate surface area is 171 Å². The molecule has 7 nitrogen and oxygen atoms in total. The van der Waals surface area contributed by atoms with Gasteiger partial charge in [-0.1, -0.05) is 11.6 Å². The average molecular weight is 423 g/mol. The normalized spacial score (nSPS) is 10.1. The van der Waals surface area contributed by atoms with Crippen molar-refractivity contribution in [3.63, 3.8) is 0 Å². The fourth-order valence-corrected chi connectivity index (χ4v) is 2.96. The maximum atomic E-state index is 11.7. The van der Waals surface area contributed by atoms with Crippen LogP contribution in [-0.2, 0) is 14.3 Å².